The summed E-state index contributed by atoms with van der Waals surface area (Å²) in [7, 11) is 0. The predicted octanol–water partition coefficient (Wildman–Crippen LogP) is 3.21. The van der Waals surface area contributed by atoms with E-state index in [1.807, 2.05) is 6.20 Å². The lowest BCUT2D eigenvalue weighted by atomic mass is 9.89. The number of pyridine rings is 1. The second-order valence-electron chi connectivity index (χ2n) is 8.00. The highest BCUT2D eigenvalue weighted by atomic mass is 15.2. The van der Waals surface area contributed by atoms with E-state index >= 15 is 0 Å². The van der Waals surface area contributed by atoms with Crippen molar-refractivity contribution in [3.8, 4) is 0 Å². The quantitative estimate of drug-likeness (QED) is 0.741. The molecular weight excluding hydrogens is 332 g/mol. The zero-order valence-electron chi connectivity index (χ0n) is 16.2. The lowest BCUT2D eigenvalue weighted by Gasteiger charge is -2.38. The van der Waals surface area contributed by atoms with Crippen LogP contribution < -0.4 is 11.1 Å². The maximum atomic E-state index is 5.76. The van der Waals surface area contributed by atoms with Crippen LogP contribution in [0, 0.1) is 0 Å². The highest BCUT2D eigenvalue weighted by Crippen LogP contribution is 2.33. The van der Waals surface area contributed by atoms with E-state index in [9.17, 15) is 0 Å². The lowest BCUT2D eigenvalue weighted by Crippen LogP contribution is -2.46. The minimum absolute atomic E-state index is 0.451. The number of nitrogens with two attached hydrogens (primary N) is 1. The zero-order chi connectivity index (χ0) is 18.5. The zero-order valence-corrected chi connectivity index (χ0v) is 16.2. The first-order chi connectivity index (χ1) is 13.3. The fourth-order valence-electron chi connectivity index (χ4n) is 4.71. The lowest BCUT2D eigenvalue weighted by molar-refractivity contribution is 0.151. The minimum Gasteiger partial charge on any atom is -0.330 e. The number of nitrogens with zero attached hydrogens (tertiary/aromatic N) is 2. The van der Waals surface area contributed by atoms with E-state index < -0.39 is 0 Å². The van der Waals surface area contributed by atoms with Crippen LogP contribution in [0.5, 0.6) is 0 Å². The van der Waals surface area contributed by atoms with Gasteiger partial charge in [-0.1, -0.05) is 30.3 Å². The summed E-state index contributed by atoms with van der Waals surface area (Å²) in [5.41, 5.74) is 11.5. The Bertz CT molecular complexity index is 745. The van der Waals surface area contributed by atoms with Gasteiger partial charge in [-0.15, -0.1) is 0 Å². The molecule has 1 aliphatic carbocycles. The summed E-state index contributed by atoms with van der Waals surface area (Å²) in [6.45, 7) is 3.96. The second-order valence-corrected chi connectivity index (χ2v) is 8.00. The number of rotatable bonds is 7. The van der Waals surface area contributed by atoms with Gasteiger partial charge in [0.05, 0.1) is 11.7 Å². The molecule has 2 heterocycles. The van der Waals surface area contributed by atoms with Crippen LogP contribution in [-0.2, 0) is 19.4 Å². The van der Waals surface area contributed by atoms with Crippen LogP contribution in [0.15, 0.2) is 42.6 Å². The summed E-state index contributed by atoms with van der Waals surface area (Å²) in [5, 5.41) is 3.77. The molecule has 4 rings (SSSR count). The number of unbranched alkanes of at least 4 members (excludes halogenated alkanes) is 1. The highest BCUT2D eigenvalue weighted by Gasteiger charge is 2.29. The molecule has 1 aromatic heterocycles. The van der Waals surface area contributed by atoms with E-state index in [2.05, 4.69) is 46.6 Å². The largest absolute Gasteiger partial charge is 0.330 e. The van der Waals surface area contributed by atoms with E-state index in [1.165, 1.54) is 48.1 Å². The fraction of sp³-hybridized carbons (Fsp3) is 0.522. The summed E-state index contributed by atoms with van der Waals surface area (Å²) in [4.78, 5) is 7.48. The van der Waals surface area contributed by atoms with E-state index in [1.54, 1.807) is 0 Å². The van der Waals surface area contributed by atoms with Crippen molar-refractivity contribution in [1.82, 2.24) is 15.2 Å². The molecule has 1 aliphatic heterocycles. The average molecular weight is 365 g/mol. The maximum Gasteiger partial charge on any atom is 0.0607 e. The molecule has 27 heavy (non-hydrogen) atoms. The minimum atomic E-state index is 0.451. The third-order valence-electron chi connectivity index (χ3n) is 6.13. The van der Waals surface area contributed by atoms with Crippen molar-refractivity contribution < 1.29 is 0 Å². The predicted molar refractivity (Wildman–Crippen MR) is 111 cm³/mol. The number of benzene rings is 1. The van der Waals surface area contributed by atoms with Gasteiger partial charge >= 0.3 is 0 Å². The van der Waals surface area contributed by atoms with E-state index in [0.717, 1.165) is 39.0 Å². The van der Waals surface area contributed by atoms with Gasteiger partial charge in [0.25, 0.3) is 0 Å². The maximum absolute atomic E-state index is 5.76. The van der Waals surface area contributed by atoms with E-state index in [0.29, 0.717) is 12.1 Å². The van der Waals surface area contributed by atoms with Gasteiger partial charge < -0.3 is 11.1 Å². The number of aryl methyl sites for hydroxylation is 1. The molecule has 2 atom stereocenters. The van der Waals surface area contributed by atoms with Gasteiger partial charge in [0.1, 0.15) is 0 Å². The van der Waals surface area contributed by atoms with Gasteiger partial charge in [-0.2, -0.15) is 0 Å². The number of fused-ring (bicyclic) bond motifs is 2. The van der Waals surface area contributed by atoms with Crippen molar-refractivity contribution >= 4 is 0 Å². The first kappa shape index (κ1) is 18.6. The van der Waals surface area contributed by atoms with Crippen LogP contribution in [0.3, 0.4) is 0 Å². The van der Waals surface area contributed by atoms with Crippen LogP contribution in [-0.4, -0.2) is 35.6 Å². The molecule has 4 nitrogen and oxygen atoms in total. The molecule has 3 N–H and O–H groups in total. The molecule has 0 spiro atoms. The molecule has 4 heteroatoms. The molecule has 0 bridgehead atoms. The first-order valence-corrected chi connectivity index (χ1v) is 10.5. The summed E-state index contributed by atoms with van der Waals surface area (Å²) in [6.07, 6.45) is 8.99. The molecule has 144 valence electrons. The van der Waals surface area contributed by atoms with Gasteiger partial charge in [-0.3, -0.25) is 9.88 Å². The smallest absolute Gasteiger partial charge is 0.0607 e. The van der Waals surface area contributed by atoms with Crippen molar-refractivity contribution in [2.75, 3.05) is 19.6 Å². The van der Waals surface area contributed by atoms with Gasteiger partial charge in [-0.05, 0) is 74.4 Å². The van der Waals surface area contributed by atoms with Crippen LogP contribution in [0.1, 0.15) is 54.1 Å². The van der Waals surface area contributed by atoms with Crippen LogP contribution in [0.4, 0.5) is 0 Å². The molecule has 0 saturated heterocycles. The third-order valence-corrected chi connectivity index (χ3v) is 6.13. The molecule has 2 aromatic rings. The van der Waals surface area contributed by atoms with Crippen molar-refractivity contribution in [3.05, 3.63) is 65.0 Å². The monoisotopic (exact) mass is 364 g/mol. The van der Waals surface area contributed by atoms with Gasteiger partial charge in [0, 0.05) is 25.3 Å². The Kier molecular flexibility index (Phi) is 6.17. The first-order valence-electron chi connectivity index (χ1n) is 10.5. The molecule has 2 aliphatic rings. The van der Waals surface area contributed by atoms with E-state index in [-0.39, 0.29) is 0 Å². The Morgan fingerprint density at radius 3 is 2.81 bits per heavy atom. The normalized spacial score (nSPS) is 21.7. The molecule has 0 fully saturated rings. The Hall–Kier alpha value is -1.75. The van der Waals surface area contributed by atoms with Crippen molar-refractivity contribution in [3.63, 3.8) is 0 Å². The number of aromatic nitrogens is 1. The number of nitrogens with one attached hydrogen (secondary N) is 1. The molecular formula is C23H32N4. The van der Waals surface area contributed by atoms with Crippen LogP contribution in [0.25, 0.3) is 0 Å². The van der Waals surface area contributed by atoms with Crippen molar-refractivity contribution in [2.45, 2.75) is 57.2 Å². The fourth-order valence-corrected chi connectivity index (χ4v) is 4.71. The molecule has 0 amide bonds. The Labute approximate surface area is 163 Å². The number of hydrogen-bond donors (Lipinski definition) is 2. The van der Waals surface area contributed by atoms with Crippen LogP contribution in [0.2, 0.25) is 0 Å². The topological polar surface area (TPSA) is 54.2 Å². The summed E-state index contributed by atoms with van der Waals surface area (Å²) >= 11 is 0. The molecule has 0 radical (unpaired) electrons. The van der Waals surface area contributed by atoms with Crippen molar-refractivity contribution in [2.24, 2.45) is 5.73 Å². The third kappa shape index (κ3) is 4.40. The van der Waals surface area contributed by atoms with Gasteiger partial charge in [0.2, 0.25) is 0 Å². The molecule has 0 unspecified atom stereocenters. The Morgan fingerprint density at radius 2 is 1.93 bits per heavy atom. The Balaban J connectivity index is 1.50. The van der Waals surface area contributed by atoms with Gasteiger partial charge in [0.15, 0.2) is 0 Å². The SMILES string of the molecule is NCCCCN(C[C@@H]1Cc2ccccc2CN1)[C@H]1CCCc2cccnc21. The van der Waals surface area contributed by atoms with Crippen molar-refractivity contribution in [1.29, 1.82) is 0 Å². The highest BCUT2D eigenvalue weighted by molar-refractivity contribution is 5.30. The summed E-state index contributed by atoms with van der Waals surface area (Å²) < 4.78 is 0. The summed E-state index contributed by atoms with van der Waals surface area (Å²) in [6, 6.07) is 14.2. The second kappa shape index (κ2) is 8.96. The van der Waals surface area contributed by atoms with Crippen LogP contribution >= 0.6 is 0 Å². The van der Waals surface area contributed by atoms with E-state index in [4.69, 9.17) is 10.7 Å². The average Bonchev–Trinajstić information content (AvgIpc) is 2.73. The number of hydrogen-bond acceptors (Lipinski definition) is 4. The summed E-state index contributed by atoms with van der Waals surface area (Å²) in [5.74, 6) is 0. The Morgan fingerprint density at radius 1 is 1.07 bits per heavy atom. The van der Waals surface area contributed by atoms with Gasteiger partial charge in [-0.25, -0.2) is 0 Å². The molecule has 1 aromatic carbocycles. The standard InChI is InChI=1S/C23H32N4/c24-12-3-4-14-27(22-11-5-9-18-10-6-13-25-23(18)22)17-21-15-19-7-1-2-8-20(19)16-26-21/h1-2,6-8,10,13,21-22,26H,3-5,9,11-12,14-17,24H2/t21-,22-/m0/s1. The molecule has 0 saturated carbocycles.